The van der Waals surface area contributed by atoms with E-state index in [0.29, 0.717) is 65.3 Å². The van der Waals surface area contributed by atoms with Crippen LogP contribution in [0.2, 0.25) is 0 Å². The van der Waals surface area contributed by atoms with E-state index >= 15 is 0 Å². The first-order chi connectivity index (χ1) is 28.5. The molecule has 2 saturated heterocycles. The Kier molecular flexibility index (Phi) is 29.6. The van der Waals surface area contributed by atoms with Crippen LogP contribution >= 0.6 is 0 Å². The number of ether oxygens (including phenoxy) is 10. The van der Waals surface area contributed by atoms with E-state index in [2.05, 4.69) is 16.0 Å². The Balaban J connectivity index is 1.44. The third kappa shape index (κ3) is 25.1. The van der Waals surface area contributed by atoms with Crippen LogP contribution in [0, 0.1) is 0 Å². The van der Waals surface area contributed by atoms with Gasteiger partial charge in [0, 0.05) is 19.4 Å². The SMILES string of the molecule is CC(=O)CNC(=O)C(CCCCNC(=O)COCCOCCOCCOC1CC(O)C(O)C(CO)O1)NC(=O)COCCOCCOCCOC1CCC(O)C(CO)O1. The predicted octanol–water partition coefficient (Wildman–Crippen LogP) is -3.72. The van der Waals surface area contributed by atoms with Crippen LogP contribution in [0.4, 0.5) is 0 Å². The first kappa shape index (κ1) is 52.6. The molecule has 2 aliphatic heterocycles. The highest BCUT2D eigenvalue weighted by molar-refractivity contribution is 5.90. The molecule has 2 rings (SSSR count). The van der Waals surface area contributed by atoms with Crippen LogP contribution < -0.4 is 16.0 Å². The molecule has 344 valence electrons. The van der Waals surface area contributed by atoms with E-state index in [1.165, 1.54) is 6.92 Å². The number of amides is 3. The summed E-state index contributed by atoms with van der Waals surface area (Å²) in [6, 6.07) is -0.907. The van der Waals surface area contributed by atoms with Crippen molar-refractivity contribution in [2.24, 2.45) is 0 Å². The third-order valence-corrected chi connectivity index (χ3v) is 8.77. The van der Waals surface area contributed by atoms with Crippen LogP contribution in [0.5, 0.6) is 0 Å². The fourth-order valence-corrected chi connectivity index (χ4v) is 5.59. The lowest BCUT2D eigenvalue weighted by atomic mass is 10.0. The zero-order valence-corrected chi connectivity index (χ0v) is 34.0. The Hall–Kier alpha value is -2.52. The molecule has 22 nitrogen and oxygen atoms in total. The number of hydrogen-bond donors (Lipinski definition) is 8. The average molecular weight is 858 g/mol. The van der Waals surface area contributed by atoms with Crippen molar-refractivity contribution < 1.29 is 92.1 Å². The zero-order valence-electron chi connectivity index (χ0n) is 34.0. The van der Waals surface area contributed by atoms with Gasteiger partial charge in [0.05, 0.1) is 111 Å². The van der Waals surface area contributed by atoms with Crippen molar-refractivity contribution in [2.45, 2.75) is 94.6 Å². The highest BCUT2D eigenvalue weighted by Crippen LogP contribution is 2.21. The maximum absolute atomic E-state index is 12.7. The molecule has 0 aromatic heterocycles. The highest BCUT2D eigenvalue weighted by atomic mass is 16.7. The maximum atomic E-state index is 12.7. The van der Waals surface area contributed by atoms with Gasteiger partial charge in [-0.3, -0.25) is 19.2 Å². The minimum atomic E-state index is -1.16. The molecule has 59 heavy (non-hydrogen) atoms. The summed E-state index contributed by atoms with van der Waals surface area (Å²) in [5.74, 6) is -1.58. The van der Waals surface area contributed by atoms with Gasteiger partial charge in [-0.15, -0.1) is 0 Å². The molecule has 22 heteroatoms. The molecule has 0 aromatic carbocycles. The molecule has 8 atom stereocenters. The Bertz CT molecular complexity index is 1140. The van der Waals surface area contributed by atoms with Crippen LogP contribution in [0.1, 0.15) is 45.4 Å². The molecular formula is C37H67N3O19. The summed E-state index contributed by atoms with van der Waals surface area (Å²) in [6.07, 6.45) is -3.35. The second kappa shape index (κ2) is 33.1. The fraction of sp³-hybridized carbons (Fsp3) is 0.892. The largest absolute Gasteiger partial charge is 0.394 e. The molecule has 8 N–H and O–H groups in total. The molecule has 3 amide bonds. The first-order valence-electron chi connectivity index (χ1n) is 20.1. The number of rotatable bonds is 35. The number of unbranched alkanes of at least 4 members (excludes halogenated alkanes) is 1. The summed E-state index contributed by atoms with van der Waals surface area (Å²) < 4.78 is 54.2. The monoisotopic (exact) mass is 857 g/mol. The lowest BCUT2D eigenvalue weighted by Gasteiger charge is -2.35. The molecule has 2 fully saturated rings. The lowest BCUT2D eigenvalue weighted by molar-refractivity contribution is -0.259. The number of hydrogen-bond acceptors (Lipinski definition) is 19. The van der Waals surface area contributed by atoms with Gasteiger partial charge in [0.25, 0.3) is 0 Å². The van der Waals surface area contributed by atoms with Gasteiger partial charge in [-0.1, -0.05) is 0 Å². The van der Waals surface area contributed by atoms with Crippen molar-refractivity contribution in [1.29, 1.82) is 0 Å². The number of carbonyl (C=O) groups is 4. The zero-order chi connectivity index (χ0) is 43.1. The van der Waals surface area contributed by atoms with Crippen LogP contribution in [-0.2, 0) is 66.5 Å². The number of aliphatic hydroxyl groups is 5. The van der Waals surface area contributed by atoms with Gasteiger partial charge in [-0.25, -0.2) is 0 Å². The summed E-state index contributed by atoms with van der Waals surface area (Å²) in [7, 11) is 0. The van der Waals surface area contributed by atoms with Crippen LogP contribution in [-0.4, -0.2) is 217 Å². The molecule has 8 unspecified atom stereocenters. The minimum absolute atomic E-state index is 0.0837. The Morgan fingerprint density at radius 1 is 0.627 bits per heavy atom. The van der Waals surface area contributed by atoms with Crippen molar-refractivity contribution in [1.82, 2.24) is 16.0 Å². The fourth-order valence-electron chi connectivity index (χ4n) is 5.59. The van der Waals surface area contributed by atoms with Crippen molar-refractivity contribution >= 4 is 23.5 Å². The molecule has 0 aromatic rings. The summed E-state index contributed by atoms with van der Waals surface area (Å²) in [5.41, 5.74) is 0. The average Bonchev–Trinajstić information content (AvgIpc) is 3.22. The molecule has 0 aliphatic carbocycles. The minimum Gasteiger partial charge on any atom is -0.394 e. The standard InChI is InChI=1S/C37H67N3O19/c1-26(43)21-39-37(49)27(40-33(47)25-55-15-13-51-8-10-52-16-18-56-34-6-5-28(44)30(22-41)58-34)4-2-3-7-38-32(46)24-54-14-12-50-9-11-53-17-19-57-35-20-29(45)36(48)31(23-42)59-35/h27-31,34-36,41-42,44-45,48H,2-25H2,1H3,(H,38,46)(H,39,49)(H,40,47). The molecular weight excluding hydrogens is 790 g/mol. The van der Waals surface area contributed by atoms with Crippen molar-refractivity contribution in [2.75, 3.05) is 119 Å². The van der Waals surface area contributed by atoms with E-state index in [9.17, 15) is 44.7 Å². The number of aliphatic hydroxyl groups excluding tert-OH is 5. The van der Waals surface area contributed by atoms with E-state index in [4.69, 9.17) is 47.4 Å². The Morgan fingerprint density at radius 3 is 1.73 bits per heavy atom. The van der Waals surface area contributed by atoms with Gasteiger partial charge >= 0.3 is 0 Å². The van der Waals surface area contributed by atoms with Gasteiger partial charge in [0.1, 0.15) is 43.4 Å². The van der Waals surface area contributed by atoms with E-state index in [0.717, 1.165) is 0 Å². The third-order valence-electron chi connectivity index (χ3n) is 8.77. The number of Topliss-reactive ketones (excluding diaryl/α,β-unsaturated/α-hetero) is 1. The first-order valence-corrected chi connectivity index (χ1v) is 20.1. The maximum Gasteiger partial charge on any atom is 0.246 e. The molecule has 2 aliphatic rings. The molecule has 0 saturated carbocycles. The van der Waals surface area contributed by atoms with Crippen molar-refractivity contribution in [3.05, 3.63) is 0 Å². The topological polar surface area (TPSA) is 298 Å². The summed E-state index contributed by atoms with van der Waals surface area (Å²) >= 11 is 0. The molecule has 0 bridgehead atoms. The second-order valence-electron chi connectivity index (χ2n) is 13.7. The van der Waals surface area contributed by atoms with Gasteiger partial charge in [0.15, 0.2) is 12.6 Å². The lowest BCUT2D eigenvalue weighted by Crippen LogP contribution is -2.50. The van der Waals surface area contributed by atoms with Crippen molar-refractivity contribution in [3.8, 4) is 0 Å². The van der Waals surface area contributed by atoms with E-state index in [1.807, 2.05) is 0 Å². The normalized spacial score (nSPS) is 23.7. The second-order valence-corrected chi connectivity index (χ2v) is 13.7. The molecule has 0 spiro atoms. The smallest absolute Gasteiger partial charge is 0.246 e. The number of carbonyl (C=O) groups excluding carboxylic acids is 4. The van der Waals surface area contributed by atoms with Gasteiger partial charge in [0.2, 0.25) is 17.7 Å². The Morgan fingerprint density at radius 2 is 1.15 bits per heavy atom. The molecule has 2 heterocycles. The van der Waals surface area contributed by atoms with Crippen LogP contribution in [0.15, 0.2) is 0 Å². The molecule has 0 radical (unpaired) electrons. The van der Waals surface area contributed by atoms with Crippen molar-refractivity contribution in [3.63, 3.8) is 0 Å². The summed E-state index contributed by atoms with van der Waals surface area (Å²) in [5, 5.41) is 55.5. The summed E-state index contributed by atoms with van der Waals surface area (Å²) in [6.45, 7) is 3.28. The van der Waals surface area contributed by atoms with E-state index in [1.54, 1.807) is 0 Å². The highest BCUT2D eigenvalue weighted by Gasteiger charge is 2.36. The van der Waals surface area contributed by atoms with Gasteiger partial charge < -0.3 is 88.9 Å². The van der Waals surface area contributed by atoms with Crippen LogP contribution in [0.25, 0.3) is 0 Å². The van der Waals surface area contributed by atoms with E-state index in [-0.39, 0.29) is 97.1 Å². The Labute approximate surface area is 344 Å². The predicted molar refractivity (Wildman–Crippen MR) is 203 cm³/mol. The van der Waals surface area contributed by atoms with Gasteiger partial charge in [-0.2, -0.15) is 0 Å². The number of ketones is 1. The van der Waals surface area contributed by atoms with E-state index < -0.39 is 67.6 Å². The summed E-state index contributed by atoms with van der Waals surface area (Å²) in [4.78, 5) is 48.6. The quantitative estimate of drug-likeness (QED) is 0.0284. The number of nitrogens with one attached hydrogen (secondary N) is 3. The van der Waals surface area contributed by atoms with Gasteiger partial charge in [-0.05, 0) is 32.6 Å². The van der Waals surface area contributed by atoms with Crippen LogP contribution in [0.3, 0.4) is 0 Å².